The Balaban J connectivity index is 2.51. The molecule has 0 aliphatic heterocycles. The monoisotopic (exact) mass is 237 g/mol. The molecule has 2 rings (SSSR count). The van der Waals surface area contributed by atoms with Crippen molar-refractivity contribution in [3.8, 4) is 0 Å². The Kier molecular flexibility index (Phi) is 2.93. The average Bonchev–Trinajstić information content (AvgIpc) is 2.57. The van der Waals surface area contributed by atoms with Crippen LogP contribution in [0, 0.1) is 18.6 Å². The Morgan fingerprint density at radius 2 is 1.88 bits per heavy atom. The highest BCUT2D eigenvalue weighted by Crippen LogP contribution is 2.24. The molecule has 1 aromatic carbocycles. The number of nitrogens with zero attached hydrogens (tertiary/aromatic N) is 2. The molecule has 1 atom stereocenters. The van der Waals surface area contributed by atoms with E-state index in [0.29, 0.717) is 5.69 Å². The molecular weight excluding hydrogens is 224 g/mol. The number of aromatic nitrogens is 2. The minimum Gasteiger partial charge on any atom is -0.319 e. The van der Waals surface area contributed by atoms with Crippen molar-refractivity contribution in [1.29, 1.82) is 0 Å². The fourth-order valence-corrected chi connectivity index (χ4v) is 1.88. The van der Waals surface area contributed by atoms with E-state index in [9.17, 15) is 8.78 Å². The van der Waals surface area contributed by atoms with Gasteiger partial charge in [-0.25, -0.2) is 8.78 Å². The number of rotatable bonds is 2. The zero-order chi connectivity index (χ0) is 12.6. The Labute approximate surface area is 97.9 Å². The summed E-state index contributed by atoms with van der Waals surface area (Å²) in [6.45, 7) is 1.80. The Morgan fingerprint density at radius 1 is 1.29 bits per heavy atom. The summed E-state index contributed by atoms with van der Waals surface area (Å²) in [6.07, 6.45) is 0. The molecule has 1 heterocycles. The third-order valence-electron chi connectivity index (χ3n) is 2.67. The van der Waals surface area contributed by atoms with Crippen LogP contribution in [0.15, 0.2) is 24.3 Å². The van der Waals surface area contributed by atoms with Crippen LogP contribution in [0.2, 0.25) is 0 Å². The van der Waals surface area contributed by atoms with Crippen LogP contribution < -0.4 is 5.73 Å². The predicted molar refractivity (Wildman–Crippen MR) is 60.3 cm³/mol. The first-order chi connectivity index (χ1) is 8.00. The standard InChI is InChI=1S/C12H13F2N3/c1-7-6-10(17(2)16-7)12(15)11-8(13)4-3-5-9(11)14/h3-6,12H,15H2,1-2H3. The van der Waals surface area contributed by atoms with Gasteiger partial charge in [0, 0.05) is 12.6 Å². The molecule has 1 unspecified atom stereocenters. The first-order valence-electron chi connectivity index (χ1n) is 5.20. The lowest BCUT2D eigenvalue weighted by molar-refractivity contribution is 0.533. The van der Waals surface area contributed by atoms with Gasteiger partial charge < -0.3 is 5.73 Å². The minimum atomic E-state index is -0.859. The summed E-state index contributed by atoms with van der Waals surface area (Å²) < 4.78 is 28.7. The molecule has 0 bridgehead atoms. The van der Waals surface area contributed by atoms with Gasteiger partial charge in [0.15, 0.2) is 0 Å². The lowest BCUT2D eigenvalue weighted by Crippen LogP contribution is -2.18. The van der Waals surface area contributed by atoms with E-state index in [4.69, 9.17) is 5.73 Å². The maximum Gasteiger partial charge on any atom is 0.131 e. The van der Waals surface area contributed by atoms with Crippen molar-refractivity contribution in [2.75, 3.05) is 0 Å². The molecule has 0 aliphatic rings. The van der Waals surface area contributed by atoms with Gasteiger partial charge in [0.2, 0.25) is 0 Å². The van der Waals surface area contributed by atoms with Crippen molar-refractivity contribution in [1.82, 2.24) is 9.78 Å². The summed E-state index contributed by atoms with van der Waals surface area (Å²) in [7, 11) is 1.70. The Hall–Kier alpha value is -1.75. The molecular formula is C12H13F2N3. The van der Waals surface area contributed by atoms with E-state index in [0.717, 1.165) is 5.69 Å². The molecule has 3 nitrogen and oxygen atoms in total. The summed E-state index contributed by atoms with van der Waals surface area (Å²) in [5, 5.41) is 4.11. The zero-order valence-electron chi connectivity index (χ0n) is 9.61. The number of nitrogens with two attached hydrogens (primary N) is 1. The van der Waals surface area contributed by atoms with E-state index in [1.165, 1.54) is 22.9 Å². The van der Waals surface area contributed by atoms with Gasteiger partial charge in [-0.2, -0.15) is 5.10 Å². The molecule has 0 saturated carbocycles. The number of benzene rings is 1. The second-order valence-electron chi connectivity index (χ2n) is 3.95. The molecule has 1 aromatic heterocycles. The number of aryl methyl sites for hydroxylation is 2. The lowest BCUT2D eigenvalue weighted by Gasteiger charge is -2.14. The summed E-state index contributed by atoms with van der Waals surface area (Å²) >= 11 is 0. The van der Waals surface area contributed by atoms with Crippen LogP contribution in [-0.4, -0.2) is 9.78 Å². The van der Waals surface area contributed by atoms with E-state index in [2.05, 4.69) is 5.10 Å². The molecule has 0 saturated heterocycles. The summed E-state index contributed by atoms with van der Waals surface area (Å²) in [6, 6.07) is 4.57. The minimum absolute atomic E-state index is 0.129. The highest BCUT2D eigenvalue weighted by atomic mass is 19.1. The number of hydrogen-bond acceptors (Lipinski definition) is 2. The smallest absolute Gasteiger partial charge is 0.131 e. The quantitative estimate of drug-likeness (QED) is 0.868. The molecule has 0 radical (unpaired) electrons. The fraction of sp³-hybridized carbons (Fsp3) is 0.250. The van der Waals surface area contributed by atoms with Crippen LogP contribution in [0.4, 0.5) is 8.78 Å². The van der Waals surface area contributed by atoms with E-state index in [-0.39, 0.29) is 5.56 Å². The Bertz CT molecular complexity index is 528. The third kappa shape index (κ3) is 2.06. The van der Waals surface area contributed by atoms with Crippen LogP contribution in [0.3, 0.4) is 0 Å². The van der Waals surface area contributed by atoms with Gasteiger partial charge in [-0.15, -0.1) is 0 Å². The van der Waals surface area contributed by atoms with E-state index in [1.807, 2.05) is 0 Å². The van der Waals surface area contributed by atoms with Crippen molar-refractivity contribution in [3.63, 3.8) is 0 Å². The van der Waals surface area contributed by atoms with E-state index >= 15 is 0 Å². The number of halogens is 2. The van der Waals surface area contributed by atoms with Crippen molar-refractivity contribution >= 4 is 0 Å². The maximum absolute atomic E-state index is 13.6. The second kappa shape index (κ2) is 4.25. The molecule has 17 heavy (non-hydrogen) atoms. The van der Waals surface area contributed by atoms with Gasteiger partial charge in [-0.1, -0.05) is 6.07 Å². The molecule has 90 valence electrons. The van der Waals surface area contributed by atoms with Crippen LogP contribution in [0.5, 0.6) is 0 Å². The normalized spacial score (nSPS) is 12.8. The van der Waals surface area contributed by atoms with Crippen molar-refractivity contribution < 1.29 is 8.78 Å². The van der Waals surface area contributed by atoms with Crippen LogP contribution >= 0.6 is 0 Å². The topological polar surface area (TPSA) is 43.8 Å². The highest BCUT2D eigenvalue weighted by Gasteiger charge is 2.21. The van der Waals surface area contributed by atoms with Gasteiger partial charge in [0.05, 0.1) is 17.4 Å². The SMILES string of the molecule is Cc1cc(C(N)c2c(F)cccc2F)n(C)n1. The molecule has 2 N–H and O–H groups in total. The van der Waals surface area contributed by atoms with Crippen molar-refractivity contribution in [2.45, 2.75) is 13.0 Å². The zero-order valence-corrected chi connectivity index (χ0v) is 9.61. The third-order valence-corrected chi connectivity index (χ3v) is 2.67. The average molecular weight is 237 g/mol. The lowest BCUT2D eigenvalue weighted by atomic mass is 10.0. The summed E-state index contributed by atoms with van der Waals surface area (Å²) in [5.74, 6) is -1.28. The maximum atomic E-state index is 13.6. The van der Waals surface area contributed by atoms with E-state index in [1.54, 1.807) is 20.0 Å². The molecule has 2 aromatic rings. The highest BCUT2D eigenvalue weighted by molar-refractivity contribution is 5.30. The molecule has 5 heteroatoms. The van der Waals surface area contributed by atoms with Crippen LogP contribution in [0.25, 0.3) is 0 Å². The van der Waals surface area contributed by atoms with Gasteiger partial charge in [-0.05, 0) is 25.1 Å². The molecule has 0 fully saturated rings. The first kappa shape index (κ1) is 11.7. The molecule has 0 aliphatic carbocycles. The number of hydrogen-bond donors (Lipinski definition) is 1. The predicted octanol–water partition coefficient (Wildman–Crippen LogP) is 2.05. The van der Waals surface area contributed by atoms with Gasteiger partial charge >= 0.3 is 0 Å². The van der Waals surface area contributed by atoms with Crippen molar-refractivity contribution in [3.05, 3.63) is 52.9 Å². The van der Waals surface area contributed by atoms with Crippen LogP contribution in [-0.2, 0) is 7.05 Å². The summed E-state index contributed by atoms with van der Waals surface area (Å²) in [5.41, 5.74) is 7.10. The Morgan fingerprint density at radius 3 is 2.35 bits per heavy atom. The summed E-state index contributed by atoms with van der Waals surface area (Å²) in [4.78, 5) is 0. The second-order valence-corrected chi connectivity index (χ2v) is 3.95. The van der Waals surface area contributed by atoms with Gasteiger partial charge in [-0.3, -0.25) is 4.68 Å². The van der Waals surface area contributed by atoms with Gasteiger partial charge in [0.1, 0.15) is 11.6 Å². The van der Waals surface area contributed by atoms with Crippen molar-refractivity contribution in [2.24, 2.45) is 12.8 Å². The fourth-order valence-electron chi connectivity index (χ4n) is 1.88. The largest absolute Gasteiger partial charge is 0.319 e. The van der Waals surface area contributed by atoms with Crippen LogP contribution in [0.1, 0.15) is 23.0 Å². The first-order valence-corrected chi connectivity index (χ1v) is 5.20. The van der Waals surface area contributed by atoms with Gasteiger partial charge in [0.25, 0.3) is 0 Å². The molecule has 0 amide bonds. The molecule has 0 spiro atoms. The van der Waals surface area contributed by atoms with E-state index < -0.39 is 17.7 Å².